The lowest BCUT2D eigenvalue weighted by Crippen LogP contribution is -2.24. The number of aromatic nitrogens is 2. The Morgan fingerprint density at radius 1 is 0.633 bits per heavy atom. The largest absolute Gasteiger partial charge is 0.486 e. The average Bonchev–Trinajstić information content (AvgIpc) is 3.59. The van der Waals surface area contributed by atoms with E-state index in [4.69, 9.17) is 28.9 Å². The molecular formula is C37H56N4O6S2. The third-order valence-corrected chi connectivity index (χ3v) is 9.13. The van der Waals surface area contributed by atoms with Gasteiger partial charge in [0, 0.05) is 24.2 Å². The lowest BCUT2D eigenvalue weighted by Gasteiger charge is -2.22. The van der Waals surface area contributed by atoms with Crippen molar-refractivity contribution in [3.05, 3.63) is 35.4 Å². The van der Waals surface area contributed by atoms with Crippen molar-refractivity contribution in [2.24, 2.45) is 0 Å². The van der Waals surface area contributed by atoms with Crippen LogP contribution in [0.2, 0.25) is 0 Å². The number of rotatable bonds is 18. The van der Waals surface area contributed by atoms with E-state index in [-0.39, 0.29) is 23.4 Å². The van der Waals surface area contributed by atoms with Gasteiger partial charge in [0.05, 0.1) is 33.8 Å². The second kappa shape index (κ2) is 17.0. The molecule has 4 aromatic rings. The fourth-order valence-corrected chi connectivity index (χ4v) is 7.43. The van der Waals surface area contributed by atoms with Crippen LogP contribution < -0.4 is 29.6 Å². The van der Waals surface area contributed by atoms with Crippen LogP contribution in [-0.4, -0.2) is 69.8 Å². The molecule has 2 atom stereocenters. The van der Waals surface area contributed by atoms with Crippen LogP contribution in [0.15, 0.2) is 24.3 Å². The molecule has 0 saturated carbocycles. The molecular weight excluding hydrogens is 661 g/mol. The molecule has 0 unspecified atom stereocenters. The predicted molar refractivity (Wildman–Crippen MR) is 201 cm³/mol. The Morgan fingerprint density at radius 3 is 1.37 bits per heavy atom. The molecule has 10 nitrogen and oxygen atoms in total. The molecule has 2 aromatic carbocycles. The van der Waals surface area contributed by atoms with Gasteiger partial charge in [-0.15, -0.1) is 0 Å². The quantitative estimate of drug-likeness (QED) is 0.0754. The first-order valence-electron chi connectivity index (χ1n) is 17.4. The first-order chi connectivity index (χ1) is 23.0. The predicted octanol–water partition coefficient (Wildman–Crippen LogP) is 7.95. The van der Waals surface area contributed by atoms with E-state index in [0.29, 0.717) is 35.0 Å². The third-order valence-electron chi connectivity index (χ3n) is 7.14. The van der Waals surface area contributed by atoms with E-state index in [1.165, 1.54) is 22.7 Å². The van der Waals surface area contributed by atoms with Gasteiger partial charge < -0.3 is 39.8 Å². The molecule has 0 saturated heterocycles. The summed E-state index contributed by atoms with van der Waals surface area (Å²) >= 11 is 2.88. The van der Waals surface area contributed by atoms with E-state index in [1.807, 2.05) is 93.5 Å². The molecule has 0 aliphatic carbocycles. The van der Waals surface area contributed by atoms with Crippen LogP contribution in [-0.2, 0) is 0 Å². The summed E-state index contributed by atoms with van der Waals surface area (Å²) in [6.07, 6.45) is 1.61. The van der Waals surface area contributed by atoms with Crippen LogP contribution in [0.3, 0.4) is 0 Å². The van der Waals surface area contributed by atoms with Gasteiger partial charge in [-0.25, -0.2) is 0 Å². The average molecular weight is 717 g/mol. The Balaban J connectivity index is 1.23. The van der Waals surface area contributed by atoms with Gasteiger partial charge in [0.25, 0.3) is 10.4 Å². The molecule has 49 heavy (non-hydrogen) atoms. The molecule has 0 fully saturated rings. The minimum atomic E-state index is -0.686. The van der Waals surface area contributed by atoms with Gasteiger partial charge in [-0.05, 0) is 107 Å². The third kappa shape index (κ3) is 11.7. The maximum atomic E-state index is 11.1. The van der Waals surface area contributed by atoms with Crippen LogP contribution in [0.5, 0.6) is 21.9 Å². The van der Waals surface area contributed by atoms with Gasteiger partial charge in [-0.3, -0.25) is 0 Å². The highest BCUT2D eigenvalue weighted by atomic mass is 32.1. The van der Waals surface area contributed by atoms with Crippen molar-refractivity contribution in [3.63, 3.8) is 0 Å². The van der Waals surface area contributed by atoms with Crippen molar-refractivity contribution < 1.29 is 29.2 Å². The molecule has 4 rings (SSSR count). The maximum absolute atomic E-state index is 11.1. The zero-order chi connectivity index (χ0) is 35.9. The van der Waals surface area contributed by atoms with Crippen molar-refractivity contribution in [1.29, 1.82) is 0 Å². The zero-order valence-electron chi connectivity index (χ0n) is 30.8. The molecule has 2 heterocycles. The molecule has 0 amide bonds. The van der Waals surface area contributed by atoms with Gasteiger partial charge in [0.1, 0.15) is 33.7 Å². The SMILES string of the molecule is CC(C)Oc1nc2c(OC(C)(C)C)ccc([C@@H](O)CNCCCCCNC[C@H](O)c3ccc(OC(C)(C)C)c4nc(OC(C)C)sc34)c2s1. The number of aliphatic hydroxyl groups excluding tert-OH is 2. The summed E-state index contributed by atoms with van der Waals surface area (Å²) in [6, 6.07) is 7.65. The van der Waals surface area contributed by atoms with Crippen molar-refractivity contribution in [1.82, 2.24) is 20.6 Å². The van der Waals surface area contributed by atoms with Crippen LogP contribution in [0, 0.1) is 0 Å². The number of fused-ring (bicyclic) bond motifs is 2. The summed E-state index contributed by atoms with van der Waals surface area (Å²) in [5.74, 6) is 1.38. The van der Waals surface area contributed by atoms with Crippen LogP contribution in [0.4, 0.5) is 0 Å². The van der Waals surface area contributed by atoms with E-state index in [0.717, 1.165) is 63.9 Å². The molecule has 272 valence electrons. The topological polar surface area (TPSA) is 127 Å². The first kappa shape index (κ1) is 39.1. The number of hydrogen-bond donors (Lipinski definition) is 4. The Labute approximate surface area is 299 Å². The molecule has 0 spiro atoms. The monoisotopic (exact) mass is 716 g/mol. The standard InChI is InChI=1S/C37H56N4O6S2/c1-22(2)44-34-40-30-28(46-36(5,6)7)16-14-24(32(30)48-34)26(42)20-38-18-12-11-13-19-39-21-27(43)25-15-17-29(47-37(8,9)10)31-33(25)49-35(41-31)45-23(3)4/h14-17,22-23,26-27,38-39,42-43H,11-13,18-21H2,1-10H3/t26-,27-/m0/s1. The fraction of sp³-hybridized carbons (Fsp3) is 0.622. The number of thiazole rings is 2. The minimum Gasteiger partial charge on any atom is -0.486 e. The summed E-state index contributed by atoms with van der Waals surface area (Å²) < 4.78 is 25.9. The minimum absolute atomic E-state index is 0.00225. The van der Waals surface area contributed by atoms with Crippen LogP contribution in [0.25, 0.3) is 20.4 Å². The van der Waals surface area contributed by atoms with E-state index in [9.17, 15) is 10.2 Å². The number of ether oxygens (including phenoxy) is 4. The van der Waals surface area contributed by atoms with Crippen LogP contribution >= 0.6 is 22.7 Å². The lowest BCUT2D eigenvalue weighted by atomic mass is 10.1. The molecule has 0 radical (unpaired) electrons. The summed E-state index contributed by atoms with van der Waals surface area (Å²) in [7, 11) is 0. The maximum Gasteiger partial charge on any atom is 0.274 e. The number of aliphatic hydroxyl groups is 2. The molecule has 12 heteroatoms. The Kier molecular flexibility index (Phi) is 13.5. The van der Waals surface area contributed by atoms with Crippen molar-refractivity contribution >= 4 is 43.1 Å². The van der Waals surface area contributed by atoms with Gasteiger partial charge >= 0.3 is 0 Å². The van der Waals surface area contributed by atoms with E-state index < -0.39 is 12.2 Å². The number of nitrogens with one attached hydrogen (secondary N) is 2. The number of nitrogens with zero attached hydrogens (tertiary/aromatic N) is 2. The zero-order valence-corrected chi connectivity index (χ0v) is 32.4. The first-order valence-corrected chi connectivity index (χ1v) is 19.0. The Bertz CT molecular complexity index is 1520. The van der Waals surface area contributed by atoms with Crippen LogP contribution in [0.1, 0.15) is 112 Å². The summed E-state index contributed by atoms with van der Waals surface area (Å²) in [5.41, 5.74) is 2.33. The smallest absolute Gasteiger partial charge is 0.274 e. The van der Waals surface area contributed by atoms with Gasteiger partial charge in [0.2, 0.25) is 0 Å². The second-order valence-electron chi connectivity index (χ2n) is 14.9. The van der Waals surface area contributed by atoms with Crippen molar-refractivity contribution in [2.75, 3.05) is 26.2 Å². The van der Waals surface area contributed by atoms with E-state index in [1.54, 1.807) is 0 Å². The molecule has 2 aromatic heterocycles. The van der Waals surface area contributed by atoms with Crippen molar-refractivity contribution in [2.45, 2.75) is 124 Å². The van der Waals surface area contributed by atoms with Gasteiger partial charge in [-0.1, -0.05) is 41.2 Å². The summed E-state index contributed by atoms with van der Waals surface area (Å²) in [5, 5.41) is 30.2. The Morgan fingerprint density at radius 2 is 1.02 bits per heavy atom. The van der Waals surface area contributed by atoms with Crippen molar-refractivity contribution in [3.8, 4) is 21.9 Å². The molecule has 0 bridgehead atoms. The summed E-state index contributed by atoms with van der Waals surface area (Å²) in [6.45, 7) is 22.4. The number of unbranched alkanes of at least 4 members (excludes halogenated alkanes) is 2. The lowest BCUT2D eigenvalue weighted by molar-refractivity contribution is 0.132. The highest BCUT2D eigenvalue weighted by Gasteiger charge is 2.24. The van der Waals surface area contributed by atoms with E-state index in [2.05, 4.69) is 10.6 Å². The number of benzene rings is 2. The molecule has 0 aliphatic rings. The molecule has 0 aliphatic heterocycles. The Hall–Kier alpha value is -2.74. The summed E-state index contributed by atoms with van der Waals surface area (Å²) in [4.78, 5) is 9.39. The fourth-order valence-electron chi connectivity index (χ4n) is 5.19. The van der Waals surface area contributed by atoms with Gasteiger partial charge in [-0.2, -0.15) is 9.97 Å². The number of hydrogen-bond acceptors (Lipinski definition) is 12. The van der Waals surface area contributed by atoms with E-state index >= 15 is 0 Å². The highest BCUT2D eigenvalue weighted by molar-refractivity contribution is 7.20. The normalized spacial score (nSPS) is 13.8. The molecule has 4 N–H and O–H groups in total. The second-order valence-corrected chi connectivity index (χ2v) is 16.8. The van der Waals surface area contributed by atoms with Gasteiger partial charge in [0.15, 0.2) is 0 Å². The highest BCUT2D eigenvalue weighted by Crippen LogP contribution is 2.41.